The number of hydrogen-bond donors (Lipinski definition) is 1. The van der Waals surface area contributed by atoms with E-state index in [0.717, 1.165) is 17.7 Å². The molecule has 0 saturated heterocycles. The standard InChI is InChI=1S/C14H9ClF3N3/c15-12-8-20-4-3-9(12)7-21-13-2-1-11(14(16,17)18)5-10(13)6-19/h1-5,8,21H,7H2. The number of rotatable bonds is 3. The number of alkyl halides is 3. The zero-order chi connectivity index (χ0) is 15.5. The van der Waals surface area contributed by atoms with Gasteiger partial charge in [0.05, 0.1) is 21.8 Å². The van der Waals surface area contributed by atoms with Crippen molar-refractivity contribution in [3.63, 3.8) is 0 Å². The van der Waals surface area contributed by atoms with E-state index >= 15 is 0 Å². The van der Waals surface area contributed by atoms with Crippen LogP contribution in [0.3, 0.4) is 0 Å². The molecule has 108 valence electrons. The summed E-state index contributed by atoms with van der Waals surface area (Å²) in [6.45, 7) is 0.279. The van der Waals surface area contributed by atoms with Crippen LogP contribution in [-0.2, 0) is 12.7 Å². The monoisotopic (exact) mass is 311 g/mol. The Hall–Kier alpha value is -2.26. The van der Waals surface area contributed by atoms with Gasteiger partial charge in [-0.1, -0.05) is 11.6 Å². The Kier molecular flexibility index (Phi) is 4.34. The van der Waals surface area contributed by atoms with Crippen LogP contribution < -0.4 is 5.32 Å². The van der Waals surface area contributed by atoms with Crippen LogP contribution in [0.4, 0.5) is 18.9 Å². The van der Waals surface area contributed by atoms with Crippen molar-refractivity contribution in [2.75, 3.05) is 5.32 Å². The molecule has 0 radical (unpaired) electrons. The molecule has 1 N–H and O–H groups in total. The van der Waals surface area contributed by atoms with Crippen molar-refractivity contribution in [1.82, 2.24) is 4.98 Å². The highest BCUT2D eigenvalue weighted by molar-refractivity contribution is 6.31. The lowest BCUT2D eigenvalue weighted by Crippen LogP contribution is -2.07. The van der Waals surface area contributed by atoms with Crippen molar-refractivity contribution in [2.45, 2.75) is 12.7 Å². The molecule has 2 rings (SSSR count). The Balaban J connectivity index is 2.22. The van der Waals surface area contributed by atoms with Gasteiger partial charge in [0.15, 0.2) is 0 Å². The Morgan fingerprint density at radius 3 is 2.67 bits per heavy atom. The predicted octanol–water partition coefficient (Wildman–Crippen LogP) is 4.24. The largest absolute Gasteiger partial charge is 0.416 e. The Labute approximate surface area is 124 Å². The molecular formula is C14H9ClF3N3. The Bertz CT molecular complexity index is 693. The lowest BCUT2D eigenvalue weighted by molar-refractivity contribution is -0.137. The lowest BCUT2D eigenvalue weighted by Gasteiger charge is -2.12. The number of benzene rings is 1. The summed E-state index contributed by atoms with van der Waals surface area (Å²) >= 11 is 5.93. The van der Waals surface area contributed by atoms with Crippen LogP contribution in [0.2, 0.25) is 5.02 Å². The molecule has 0 atom stereocenters. The fraction of sp³-hybridized carbons (Fsp3) is 0.143. The van der Waals surface area contributed by atoms with Gasteiger partial charge in [-0.15, -0.1) is 0 Å². The van der Waals surface area contributed by atoms with Crippen LogP contribution in [0.1, 0.15) is 16.7 Å². The second kappa shape index (κ2) is 6.02. The topological polar surface area (TPSA) is 48.7 Å². The quantitative estimate of drug-likeness (QED) is 0.922. The van der Waals surface area contributed by atoms with Crippen LogP contribution >= 0.6 is 11.6 Å². The molecule has 0 saturated carbocycles. The van der Waals surface area contributed by atoms with E-state index in [1.54, 1.807) is 18.3 Å². The maximum Gasteiger partial charge on any atom is 0.416 e. The average molecular weight is 312 g/mol. The molecule has 0 unspecified atom stereocenters. The molecule has 7 heteroatoms. The zero-order valence-electron chi connectivity index (χ0n) is 10.6. The van der Waals surface area contributed by atoms with Crippen LogP contribution in [-0.4, -0.2) is 4.98 Å². The van der Waals surface area contributed by atoms with Gasteiger partial charge in [0.2, 0.25) is 0 Å². The van der Waals surface area contributed by atoms with Crippen molar-refractivity contribution in [3.8, 4) is 6.07 Å². The van der Waals surface area contributed by atoms with E-state index < -0.39 is 11.7 Å². The number of hydrogen-bond acceptors (Lipinski definition) is 3. The van der Waals surface area contributed by atoms with Crippen LogP contribution in [0.5, 0.6) is 0 Å². The first-order chi connectivity index (χ1) is 9.91. The molecule has 21 heavy (non-hydrogen) atoms. The second-order valence-corrected chi connectivity index (χ2v) is 4.60. The van der Waals surface area contributed by atoms with Gasteiger partial charge in [0.1, 0.15) is 6.07 Å². The molecule has 0 spiro atoms. The molecule has 1 aromatic carbocycles. The number of nitrogens with zero attached hydrogens (tertiary/aromatic N) is 2. The molecule has 3 nitrogen and oxygen atoms in total. The van der Waals surface area contributed by atoms with Crippen molar-refractivity contribution in [1.29, 1.82) is 5.26 Å². The minimum atomic E-state index is -4.47. The van der Waals surface area contributed by atoms with E-state index in [1.165, 1.54) is 12.3 Å². The molecule has 0 aliphatic rings. The molecule has 0 aliphatic heterocycles. The first-order valence-corrected chi connectivity index (χ1v) is 6.23. The van der Waals surface area contributed by atoms with E-state index in [-0.39, 0.29) is 12.1 Å². The molecule has 1 aromatic heterocycles. The summed E-state index contributed by atoms with van der Waals surface area (Å²) in [5.74, 6) is 0. The second-order valence-electron chi connectivity index (χ2n) is 4.19. The van der Waals surface area contributed by atoms with Gasteiger partial charge < -0.3 is 5.32 Å². The predicted molar refractivity (Wildman–Crippen MR) is 72.7 cm³/mol. The number of nitrogens with one attached hydrogen (secondary N) is 1. The molecular weight excluding hydrogens is 303 g/mol. The van der Waals surface area contributed by atoms with E-state index in [9.17, 15) is 13.2 Å². The SMILES string of the molecule is N#Cc1cc(C(F)(F)F)ccc1NCc1ccncc1Cl. The summed E-state index contributed by atoms with van der Waals surface area (Å²) in [6.07, 6.45) is -1.45. The normalized spacial score (nSPS) is 11.0. The lowest BCUT2D eigenvalue weighted by atomic mass is 10.1. The average Bonchev–Trinajstić information content (AvgIpc) is 2.45. The third-order valence-corrected chi connectivity index (χ3v) is 3.13. The Morgan fingerprint density at radius 1 is 1.29 bits per heavy atom. The minimum absolute atomic E-state index is 0.0741. The van der Waals surface area contributed by atoms with Gasteiger partial charge in [-0.25, -0.2) is 0 Å². The summed E-state index contributed by atoms with van der Waals surface area (Å²) in [6, 6.07) is 6.41. The van der Waals surface area contributed by atoms with Crippen molar-refractivity contribution < 1.29 is 13.2 Å². The maximum absolute atomic E-state index is 12.6. The van der Waals surface area contributed by atoms with Crippen LogP contribution in [0.25, 0.3) is 0 Å². The smallest absolute Gasteiger partial charge is 0.380 e. The summed E-state index contributed by atoms with van der Waals surface area (Å²) < 4.78 is 37.8. The van der Waals surface area contributed by atoms with E-state index in [4.69, 9.17) is 16.9 Å². The summed E-state index contributed by atoms with van der Waals surface area (Å²) in [5.41, 5.74) is 0.121. The van der Waals surface area contributed by atoms with E-state index in [0.29, 0.717) is 10.7 Å². The van der Waals surface area contributed by atoms with Gasteiger partial charge in [-0.2, -0.15) is 18.4 Å². The number of halogens is 4. The van der Waals surface area contributed by atoms with Crippen molar-refractivity contribution in [3.05, 3.63) is 58.4 Å². The van der Waals surface area contributed by atoms with Gasteiger partial charge >= 0.3 is 6.18 Å². The van der Waals surface area contributed by atoms with Gasteiger partial charge in [-0.05, 0) is 29.8 Å². The van der Waals surface area contributed by atoms with Crippen LogP contribution in [0.15, 0.2) is 36.7 Å². The number of aromatic nitrogens is 1. The molecule has 0 fully saturated rings. The molecule has 0 bridgehead atoms. The van der Waals surface area contributed by atoms with Gasteiger partial charge in [0, 0.05) is 18.9 Å². The van der Waals surface area contributed by atoms with Crippen molar-refractivity contribution >= 4 is 17.3 Å². The maximum atomic E-state index is 12.6. The van der Waals surface area contributed by atoms with Gasteiger partial charge in [-0.3, -0.25) is 4.98 Å². The van der Waals surface area contributed by atoms with Gasteiger partial charge in [0.25, 0.3) is 0 Å². The Morgan fingerprint density at radius 2 is 2.05 bits per heavy atom. The minimum Gasteiger partial charge on any atom is -0.380 e. The molecule has 0 aliphatic carbocycles. The molecule has 2 aromatic rings. The first kappa shape index (κ1) is 15.1. The highest BCUT2D eigenvalue weighted by Gasteiger charge is 2.31. The summed E-state index contributed by atoms with van der Waals surface area (Å²) in [4.78, 5) is 3.84. The highest BCUT2D eigenvalue weighted by atomic mass is 35.5. The van der Waals surface area contributed by atoms with E-state index in [2.05, 4.69) is 10.3 Å². The zero-order valence-corrected chi connectivity index (χ0v) is 11.3. The van der Waals surface area contributed by atoms with Crippen LogP contribution in [0, 0.1) is 11.3 Å². The fourth-order valence-corrected chi connectivity index (χ4v) is 1.89. The number of nitriles is 1. The van der Waals surface area contributed by atoms with E-state index in [1.807, 2.05) is 0 Å². The molecule has 1 heterocycles. The highest BCUT2D eigenvalue weighted by Crippen LogP contribution is 2.31. The van der Waals surface area contributed by atoms with Crippen molar-refractivity contribution in [2.24, 2.45) is 0 Å². The third kappa shape index (κ3) is 3.64. The number of anilines is 1. The fourth-order valence-electron chi connectivity index (χ4n) is 1.71. The summed E-state index contributed by atoms with van der Waals surface area (Å²) in [5, 5.41) is 12.3. The first-order valence-electron chi connectivity index (χ1n) is 5.85. The summed E-state index contributed by atoms with van der Waals surface area (Å²) in [7, 11) is 0. The number of pyridine rings is 1. The molecule has 0 amide bonds. The third-order valence-electron chi connectivity index (χ3n) is 2.79.